The van der Waals surface area contributed by atoms with Gasteiger partial charge in [0.05, 0.1) is 19.3 Å². The van der Waals surface area contributed by atoms with Crippen LogP contribution in [0, 0.1) is 0 Å². The molecule has 6 aromatic rings. The molecule has 0 saturated heterocycles. The molecule has 47 heavy (non-hydrogen) atoms. The van der Waals surface area contributed by atoms with Gasteiger partial charge in [0.25, 0.3) is 0 Å². The molecule has 0 fully saturated rings. The molecule has 0 atom stereocenters. The summed E-state index contributed by atoms with van der Waals surface area (Å²) in [6.45, 7) is 4.58. The highest BCUT2D eigenvalue weighted by molar-refractivity contribution is 9.11. The molecule has 0 N–H and O–H groups in total. The zero-order chi connectivity index (χ0) is 32.6. The van der Waals surface area contributed by atoms with Gasteiger partial charge in [0.15, 0.2) is 0 Å². The van der Waals surface area contributed by atoms with Crippen molar-refractivity contribution in [3.05, 3.63) is 67.2 Å². The lowest BCUT2D eigenvalue weighted by molar-refractivity contribution is 0.608. The van der Waals surface area contributed by atoms with E-state index in [2.05, 4.69) is 94.2 Å². The number of hydrogen-bond donors (Lipinski definition) is 0. The van der Waals surface area contributed by atoms with Crippen molar-refractivity contribution in [2.45, 2.75) is 104 Å². The Balaban J connectivity index is 1.30. The van der Waals surface area contributed by atoms with Crippen molar-refractivity contribution in [2.24, 2.45) is 0 Å². The van der Waals surface area contributed by atoms with E-state index in [0.29, 0.717) is 0 Å². The first kappa shape index (κ1) is 35.6. The van der Waals surface area contributed by atoms with E-state index in [1.807, 2.05) is 45.3 Å². The maximum atomic E-state index is 4.91. The number of benzene rings is 1. The maximum absolute atomic E-state index is 4.91. The Kier molecular flexibility index (Phi) is 13.4. The summed E-state index contributed by atoms with van der Waals surface area (Å²) in [6, 6.07) is 18.4. The molecule has 5 aromatic heterocycles. The van der Waals surface area contributed by atoms with E-state index < -0.39 is 0 Å². The molecule has 0 amide bonds. The highest BCUT2D eigenvalue weighted by Gasteiger charge is 2.21. The number of halogens is 2. The van der Waals surface area contributed by atoms with Gasteiger partial charge in [0.1, 0.15) is 11.0 Å². The van der Waals surface area contributed by atoms with Crippen molar-refractivity contribution < 1.29 is 0 Å². The summed E-state index contributed by atoms with van der Waals surface area (Å²) in [7, 11) is 0. The quantitative estimate of drug-likeness (QED) is 0.0806. The molecule has 0 spiro atoms. The topological polar surface area (TPSA) is 25.8 Å². The van der Waals surface area contributed by atoms with E-state index in [4.69, 9.17) is 8.75 Å². The van der Waals surface area contributed by atoms with Gasteiger partial charge in [-0.1, -0.05) is 90.2 Å². The average molecular weight is 847 g/mol. The summed E-state index contributed by atoms with van der Waals surface area (Å²) in [5.74, 6) is 0. The number of unbranched alkanes of at least 4 members (excludes halogenated alkanes) is 10. The highest BCUT2D eigenvalue weighted by atomic mass is 79.9. The van der Waals surface area contributed by atoms with Crippen LogP contribution in [0.1, 0.15) is 102 Å². The molecule has 0 radical (unpaired) electrons. The minimum Gasteiger partial charge on any atom is -0.172 e. The second-order valence-corrected chi connectivity index (χ2v) is 19.9. The van der Waals surface area contributed by atoms with Gasteiger partial charge in [0, 0.05) is 40.4 Å². The molecule has 1 aromatic carbocycles. The molecule has 5 heterocycles. The van der Waals surface area contributed by atoms with Crippen molar-refractivity contribution in [1.82, 2.24) is 8.75 Å². The van der Waals surface area contributed by atoms with Crippen LogP contribution in [0.25, 0.3) is 51.4 Å². The molecular weight excluding hydrogens is 805 g/mol. The number of fused-ring (bicyclic) bond motifs is 1. The maximum Gasteiger partial charge on any atom is 0.114 e. The lowest BCUT2D eigenvalue weighted by Crippen LogP contribution is -1.86. The predicted octanol–water partition coefficient (Wildman–Crippen LogP) is 15.9. The minimum absolute atomic E-state index is 1.03. The van der Waals surface area contributed by atoms with E-state index >= 15 is 0 Å². The average Bonchev–Trinajstić information content (AvgIpc) is 3.91. The van der Waals surface area contributed by atoms with E-state index in [9.17, 15) is 0 Å². The molecule has 2 nitrogen and oxygen atoms in total. The van der Waals surface area contributed by atoms with Crippen LogP contribution in [0.15, 0.2) is 56.1 Å². The Bertz CT molecular complexity index is 1740. The van der Waals surface area contributed by atoms with Crippen LogP contribution < -0.4 is 0 Å². The summed E-state index contributed by atoms with van der Waals surface area (Å²) >= 11 is 16.3. The van der Waals surface area contributed by atoms with Gasteiger partial charge in [-0.2, -0.15) is 8.75 Å². The predicted molar refractivity (Wildman–Crippen MR) is 220 cm³/mol. The van der Waals surface area contributed by atoms with Crippen LogP contribution >= 0.6 is 88.9 Å². The van der Waals surface area contributed by atoms with Gasteiger partial charge in [0.2, 0.25) is 0 Å². The second kappa shape index (κ2) is 17.6. The fraction of sp³-hybridized carbons (Fsp3) is 0.421. The Hall–Kier alpha value is -1.20. The number of aromatic nitrogens is 2. The Morgan fingerprint density at radius 1 is 0.489 bits per heavy atom. The van der Waals surface area contributed by atoms with Crippen molar-refractivity contribution in [3.8, 4) is 40.4 Å². The van der Waals surface area contributed by atoms with Gasteiger partial charge >= 0.3 is 0 Å². The SMILES string of the molecule is CCCCCCCCc1cc(-c2ccc(-c3cc(CCCCCCCC)c(-c4ccc(Br)s4)s3)c3nsnc23)sc1-c1ccc(Br)s1. The Morgan fingerprint density at radius 3 is 1.32 bits per heavy atom. The number of rotatable bonds is 18. The third kappa shape index (κ3) is 8.94. The van der Waals surface area contributed by atoms with Crippen molar-refractivity contribution in [1.29, 1.82) is 0 Å². The Labute approximate surface area is 317 Å². The summed E-state index contributed by atoms with van der Waals surface area (Å²) in [5, 5.41) is 0. The lowest BCUT2D eigenvalue weighted by atomic mass is 10.0. The summed E-state index contributed by atoms with van der Waals surface area (Å²) < 4.78 is 12.2. The van der Waals surface area contributed by atoms with Gasteiger partial charge in [-0.05, 0) is 105 Å². The molecule has 248 valence electrons. The van der Waals surface area contributed by atoms with Gasteiger partial charge in [-0.25, -0.2) is 0 Å². The van der Waals surface area contributed by atoms with Crippen LogP contribution in [-0.2, 0) is 12.8 Å². The monoisotopic (exact) mass is 844 g/mol. The van der Waals surface area contributed by atoms with E-state index in [0.717, 1.165) is 23.9 Å². The minimum atomic E-state index is 1.03. The highest BCUT2D eigenvalue weighted by Crippen LogP contribution is 2.47. The second-order valence-electron chi connectivity index (χ2n) is 12.3. The van der Waals surface area contributed by atoms with E-state index in [-0.39, 0.29) is 0 Å². The first-order chi connectivity index (χ1) is 23.1. The third-order valence-corrected chi connectivity index (χ3v) is 15.3. The lowest BCUT2D eigenvalue weighted by Gasteiger charge is -2.04. The van der Waals surface area contributed by atoms with Crippen molar-refractivity contribution in [3.63, 3.8) is 0 Å². The fourth-order valence-electron chi connectivity index (χ4n) is 6.24. The van der Waals surface area contributed by atoms with Crippen LogP contribution in [-0.4, -0.2) is 8.75 Å². The molecule has 6 rings (SSSR count). The number of thiophene rings is 4. The van der Waals surface area contributed by atoms with Crippen molar-refractivity contribution in [2.75, 3.05) is 0 Å². The number of hydrogen-bond acceptors (Lipinski definition) is 7. The summed E-state index contributed by atoms with van der Waals surface area (Å²) in [5.41, 5.74) is 7.43. The number of aryl methyl sites for hydroxylation is 2. The molecule has 0 unspecified atom stereocenters. The van der Waals surface area contributed by atoms with Crippen LogP contribution in [0.3, 0.4) is 0 Å². The van der Waals surface area contributed by atoms with Gasteiger partial charge in [-0.15, -0.1) is 45.3 Å². The molecule has 0 saturated carbocycles. The number of nitrogens with zero attached hydrogens (tertiary/aromatic N) is 2. The van der Waals surface area contributed by atoms with Gasteiger partial charge < -0.3 is 0 Å². The zero-order valence-corrected chi connectivity index (χ0v) is 34.5. The molecule has 9 heteroatoms. The molecule has 0 aliphatic heterocycles. The van der Waals surface area contributed by atoms with E-state index in [1.165, 1.54) is 148 Å². The summed E-state index contributed by atoms with van der Waals surface area (Å²) in [4.78, 5) is 8.12. The molecule has 0 aliphatic rings. The van der Waals surface area contributed by atoms with Crippen LogP contribution in [0.2, 0.25) is 0 Å². The first-order valence-corrected chi connectivity index (χ1v) is 22.7. The van der Waals surface area contributed by atoms with Gasteiger partial charge in [-0.3, -0.25) is 0 Å². The summed E-state index contributed by atoms with van der Waals surface area (Å²) in [6.07, 6.45) is 18.0. The van der Waals surface area contributed by atoms with E-state index in [1.54, 1.807) is 0 Å². The molecule has 0 aliphatic carbocycles. The third-order valence-electron chi connectivity index (χ3n) is 8.76. The van der Waals surface area contributed by atoms with Crippen LogP contribution in [0.4, 0.5) is 0 Å². The zero-order valence-electron chi connectivity index (χ0n) is 27.2. The smallest absolute Gasteiger partial charge is 0.114 e. The normalized spacial score (nSPS) is 11.7. The molecular formula is C38H42Br2N2S5. The molecule has 0 bridgehead atoms. The fourth-order valence-corrected chi connectivity index (χ4v) is 12.3. The first-order valence-electron chi connectivity index (χ1n) is 17.1. The largest absolute Gasteiger partial charge is 0.172 e. The van der Waals surface area contributed by atoms with Crippen LogP contribution in [0.5, 0.6) is 0 Å². The van der Waals surface area contributed by atoms with Crippen molar-refractivity contribution >= 4 is 100.0 Å². The standard InChI is InChI=1S/C38H42Br2N2S5/c1-3-5-7-9-11-13-15-25-23-31(45-37(25)29-19-21-33(39)43-29)27-17-18-28(36-35(27)41-47-42-36)32-24-26(16-14-12-10-8-6-4-2)38(46-32)30-20-22-34(40)44-30/h17-24H,3-16H2,1-2H3. The Morgan fingerprint density at radius 2 is 0.915 bits per heavy atom.